The summed E-state index contributed by atoms with van der Waals surface area (Å²) in [5, 5.41) is 0. The Balaban J connectivity index is 3.17. The number of carbonyl (C=O) groups excluding carboxylic acids is 1. The van der Waals surface area contributed by atoms with Crippen LogP contribution in [0, 0.1) is 5.82 Å². The highest BCUT2D eigenvalue weighted by Crippen LogP contribution is 2.33. The van der Waals surface area contributed by atoms with Crippen LogP contribution in [0.15, 0.2) is 24.3 Å². The molecule has 0 aliphatic heterocycles. The van der Waals surface area contributed by atoms with E-state index in [9.17, 15) is 18.0 Å². The third-order valence-corrected chi connectivity index (χ3v) is 1.94. The van der Waals surface area contributed by atoms with Crippen molar-refractivity contribution in [1.82, 2.24) is 3.94 Å². The highest BCUT2D eigenvalue weighted by molar-refractivity contribution is 6.42. The average molecular weight is 258 g/mol. The van der Waals surface area contributed by atoms with E-state index in [0.717, 1.165) is 12.1 Å². The fraction of sp³-hybridized carbons (Fsp3) is 0.125. The summed E-state index contributed by atoms with van der Waals surface area (Å²) in [4.78, 5) is 10.9. The van der Waals surface area contributed by atoms with E-state index in [1.807, 2.05) is 0 Å². The van der Waals surface area contributed by atoms with E-state index in [1.165, 1.54) is 12.1 Å². The van der Waals surface area contributed by atoms with Gasteiger partial charge in [0.25, 0.3) is 0 Å². The molecule has 0 atom stereocenters. The lowest BCUT2D eigenvalue weighted by Gasteiger charge is -2.16. The van der Waals surface area contributed by atoms with Gasteiger partial charge in [0.05, 0.1) is 5.56 Å². The van der Waals surface area contributed by atoms with Crippen LogP contribution in [0.25, 0.3) is 0 Å². The molecule has 0 unspecified atom stereocenters. The number of benzene rings is 1. The number of rotatable bonds is 2. The van der Waals surface area contributed by atoms with Crippen molar-refractivity contribution in [3.8, 4) is 0 Å². The van der Waals surface area contributed by atoms with Gasteiger partial charge in [0.1, 0.15) is 5.82 Å². The van der Waals surface area contributed by atoms with Gasteiger partial charge in [-0.25, -0.2) is 4.39 Å². The monoisotopic (exact) mass is 257 g/mol. The van der Waals surface area contributed by atoms with Gasteiger partial charge in [0, 0.05) is 23.6 Å². The Morgan fingerprint density at radius 2 is 1.80 bits per heavy atom. The molecule has 0 bridgehead atoms. The minimum absolute atomic E-state index is 0.327. The molecule has 7 heteroatoms. The first-order valence-electron chi connectivity index (χ1n) is 3.66. The Morgan fingerprint density at radius 1 is 1.27 bits per heavy atom. The number of alkyl halides is 2. The summed E-state index contributed by atoms with van der Waals surface area (Å²) in [5.41, 5.74) is -1.07. The van der Waals surface area contributed by atoms with Crippen LogP contribution < -0.4 is 0 Å². The molecule has 0 aliphatic rings. The van der Waals surface area contributed by atoms with Crippen molar-refractivity contribution in [1.29, 1.82) is 0 Å². The average Bonchev–Trinajstić information content (AvgIpc) is 2.16. The topological polar surface area (TPSA) is 20.3 Å². The van der Waals surface area contributed by atoms with Crippen LogP contribution >= 0.6 is 23.6 Å². The van der Waals surface area contributed by atoms with Gasteiger partial charge in [0.2, 0.25) is 0 Å². The van der Waals surface area contributed by atoms with Crippen molar-refractivity contribution >= 4 is 29.5 Å². The summed E-state index contributed by atoms with van der Waals surface area (Å²) in [6, 6.07) is 3.98. The summed E-state index contributed by atoms with van der Waals surface area (Å²) in [6.07, 6.45) is 0. The second-order valence-corrected chi connectivity index (χ2v) is 3.44. The Morgan fingerprint density at radius 3 is 2.27 bits per heavy atom. The normalized spacial score (nSPS) is 11.3. The van der Waals surface area contributed by atoms with Crippen molar-refractivity contribution in [2.45, 2.75) is 5.92 Å². The second-order valence-electron chi connectivity index (χ2n) is 2.59. The first-order valence-corrected chi connectivity index (χ1v) is 4.34. The fourth-order valence-electron chi connectivity index (χ4n) is 0.937. The largest absolute Gasteiger partial charge is 0.355 e. The van der Waals surface area contributed by atoms with Gasteiger partial charge < -0.3 is 0 Å². The number of nitrogens with zero attached hydrogens (tertiary/aromatic N) is 1. The maximum atomic E-state index is 13.3. The van der Waals surface area contributed by atoms with Crippen LogP contribution in [0.1, 0.15) is 5.56 Å². The molecule has 0 spiro atoms. The van der Waals surface area contributed by atoms with Crippen molar-refractivity contribution in [3.63, 3.8) is 0 Å². The summed E-state index contributed by atoms with van der Waals surface area (Å²) in [5.74, 6) is -7.20. The van der Waals surface area contributed by atoms with E-state index in [1.54, 1.807) is 0 Å². The standard InChI is InChI=1S/C8H4Cl2F3NO/c9-14(10)7(15)8(12,13)5-3-1-2-4-6(5)11/h1-4H. The number of carbonyl (C=O) groups is 1. The number of halogens is 5. The number of hydrogen-bond donors (Lipinski definition) is 0. The first kappa shape index (κ1) is 12.1. The van der Waals surface area contributed by atoms with E-state index >= 15 is 0 Å². The summed E-state index contributed by atoms with van der Waals surface area (Å²) >= 11 is 9.72. The first-order chi connectivity index (χ1) is 6.87. The predicted octanol–water partition coefficient (Wildman–Crippen LogP) is 3.05. The van der Waals surface area contributed by atoms with E-state index in [-0.39, 0.29) is 3.94 Å². The predicted molar refractivity (Wildman–Crippen MR) is 48.8 cm³/mol. The van der Waals surface area contributed by atoms with Gasteiger partial charge in [-0.1, -0.05) is 12.1 Å². The lowest BCUT2D eigenvalue weighted by atomic mass is 10.1. The quantitative estimate of drug-likeness (QED) is 0.746. The highest BCUT2D eigenvalue weighted by atomic mass is 35.5. The molecule has 0 fully saturated rings. The SMILES string of the molecule is O=C(N(Cl)Cl)C(F)(F)c1ccccc1F. The lowest BCUT2D eigenvalue weighted by Crippen LogP contribution is -2.33. The van der Waals surface area contributed by atoms with E-state index < -0.39 is 23.2 Å². The summed E-state index contributed by atoms with van der Waals surface area (Å²) in [7, 11) is 0. The van der Waals surface area contributed by atoms with Gasteiger partial charge in [-0.2, -0.15) is 12.7 Å². The van der Waals surface area contributed by atoms with Gasteiger partial charge in [-0.05, 0) is 12.1 Å². The van der Waals surface area contributed by atoms with Crippen LogP contribution in [-0.2, 0) is 10.7 Å². The molecule has 2 nitrogen and oxygen atoms in total. The van der Waals surface area contributed by atoms with Crippen LogP contribution in [0.4, 0.5) is 13.2 Å². The molecule has 0 heterocycles. The zero-order valence-corrected chi connectivity index (χ0v) is 8.57. The van der Waals surface area contributed by atoms with Crippen LogP contribution in [0.2, 0.25) is 0 Å². The molecule has 82 valence electrons. The number of amides is 1. The van der Waals surface area contributed by atoms with Gasteiger partial charge in [0.15, 0.2) is 0 Å². The molecule has 0 aliphatic carbocycles. The Kier molecular flexibility index (Phi) is 3.46. The molecule has 0 N–H and O–H groups in total. The van der Waals surface area contributed by atoms with Crippen LogP contribution in [0.3, 0.4) is 0 Å². The Labute approximate surface area is 93.4 Å². The molecule has 1 aromatic rings. The lowest BCUT2D eigenvalue weighted by molar-refractivity contribution is -0.150. The maximum absolute atomic E-state index is 13.3. The highest BCUT2D eigenvalue weighted by Gasteiger charge is 2.45. The Hall–Kier alpha value is -0.940. The number of hydrogen-bond acceptors (Lipinski definition) is 1. The zero-order valence-electron chi connectivity index (χ0n) is 7.05. The van der Waals surface area contributed by atoms with E-state index in [0.29, 0.717) is 0 Å². The molecule has 0 radical (unpaired) electrons. The Bertz CT molecular complexity index is 384. The zero-order chi connectivity index (χ0) is 11.6. The molecule has 15 heavy (non-hydrogen) atoms. The van der Waals surface area contributed by atoms with Gasteiger partial charge >= 0.3 is 11.8 Å². The molecular formula is C8H4Cl2F3NO. The smallest absolute Gasteiger partial charge is 0.265 e. The molecular weight excluding hydrogens is 254 g/mol. The van der Waals surface area contributed by atoms with E-state index in [2.05, 4.69) is 0 Å². The van der Waals surface area contributed by atoms with Crippen molar-refractivity contribution < 1.29 is 18.0 Å². The summed E-state index contributed by atoms with van der Waals surface area (Å²) < 4.78 is 39.2. The van der Waals surface area contributed by atoms with Crippen molar-refractivity contribution in [3.05, 3.63) is 35.6 Å². The molecule has 1 amide bonds. The van der Waals surface area contributed by atoms with Crippen LogP contribution in [0.5, 0.6) is 0 Å². The summed E-state index contributed by atoms with van der Waals surface area (Å²) in [6.45, 7) is 0. The van der Waals surface area contributed by atoms with Crippen molar-refractivity contribution in [2.24, 2.45) is 0 Å². The molecule has 1 aromatic carbocycles. The molecule has 0 saturated heterocycles. The van der Waals surface area contributed by atoms with E-state index in [4.69, 9.17) is 23.6 Å². The third-order valence-electron chi connectivity index (χ3n) is 1.63. The minimum atomic E-state index is -4.09. The second kappa shape index (κ2) is 4.28. The molecule has 1 rings (SSSR count). The maximum Gasteiger partial charge on any atom is 0.355 e. The van der Waals surface area contributed by atoms with Crippen molar-refractivity contribution in [2.75, 3.05) is 0 Å². The fourth-order valence-corrected chi connectivity index (χ4v) is 1.15. The van der Waals surface area contributed by atoms with Gasteiger partial charge in [-0.3, -0.25) is 4.79 Å². The molecule has 0 saturated carbocycles. The third kappa shape index (κ3) is 2.35. The minimum Gasteiger partial charge on any atom is -0.265 e. The molecule has 0 aromatic heterocycles. The van der Waals surface area contributed by atoms with Crippen LogP contribution in [-0.4, -0.2) is 9.85 Å². The van der Waals surface area contributed by atoms with Gasteiger partial charge in [-0.15, -0.1) is 0 Å².